The van der Waals surface area contributed by atoms with E-state index in [0.29, 0.717) is 25.4 Å². The van der Waals surface area contributed by atoms with Crippen LogP contribution < -0.4 is 10.6 Å². The third-order valence-corrected chi connectivity index (χ3v) is 2.42. The number of rotatable bonds is 4. The van der Waals surface area contributed by atoms with Crippen LogP contribution in [-0.4, -0.2) is 24.1 Å². The van der Waals surface area contributed by atoms with Gasteiger partial charge >= 0.3 is 6.03 Å². The van der Waals surface area contributed by atoms with Gasteiger partial charge in [-0.05, 0) is 12.3 Å². The Balaban J connectivity index is 2.26. The molecule has 0 fully saturated rings. The van der Waals surface area contributed by atoms with E-state index < -0.39 is 0 Å². The summed E-state index contributed by atoms with van der Waals surface area (Å²) in [6, 6.07) is -0.140. The van der Waals surface area contributed by atoms with Gasteiger partial charge in [0.05, 0.1) is 5.69 Å². The minimum Gasteiger partial charge on any atom is -0.446 e. The van der Waals surface area contributed by atoms with Crippen LogP contribution in [0.2, 0.25) is 0 Å². The van der Waals surface area contributed by atoms with Gasteiger partial charge in [0.15, 0.2) is 5.89 Å². The fraction of sp³-hybridized carbons (Fsp3) is 0.692. The molecule has 5 heteroatoms. The highest BCUT2D eigenvalue weighted by molar-refractivity contribution is 5.73. The van der Waals surface area contributed by atoms with Crippen LogP contribution in [0, 0.1) is 19.3 Å². The number of aryl methyl sites for hydroxylation is 2. The molecular weight excluding hydrogens is 230 g/mol. The highest BCUT2D eigenvalue weighted by Gasteiger charge is 2.12. The molecule has 0 bridgehead atoms. The predicted molar refractivity (Wildman–Crippen MR) is 70.5 cm³/mol. The van der Waals surface area contributed by atoms with Crippen molar-refractivity contribution in [3.63, 3.8) is 0 Å². The van der Waals surface area contributed by atoms with Gasteiger partial charge in [-0.3, -0.25) is 0 Å². The molecule has 18 heavy (non-hydrogen) atoms. The number of hydrogen-bond acceptors (Lipinski definition) is 3. The highest BCUT2D eigenvalue weighted by Crippen LogP contribution is 2.10. The van der Waals surface area contributed by atoms with Crippen LogP contribution in [0.5, 0.6) is 0 Å². The number of urea groups is 1. The number of aromatic nitrogens is 1. The molecule has 0 radical (unpaired) electrons. The van der Waals surface area contributed by atoms with Gasteiger partial charge in [-0.2, -0.15) is 0 Å². The second-order valence-electron chi connectivity index (χ2n) is 5.66. The molecule has 2 N–H and O–H groups in total. The van der Waals surface area contributed by atoms with Crippen LogP contribution in [-0.2, 0) is 6.42 Å². The van der Waals surface area contributed by atoms with Crippen LogP contribution in [0.1, 0.15) is 38.1 Å². The summed E-state index contributed by atoms with van der Waals surface area (Å²) in [6.45, 7) is 11.2. The van der Waals surface area contributed by atoms with Gasteiger partial charge in [0.25, 0.3) is 0 Å². The fourth-order valence-corrected chi connectivity index (χ4v) is 1.50. The maximum atomic E-state index is 11.5. The molecule has 1 aromatic rings. The summed E-state index contributed by atoms with van der Waals surface area (Å²) in [5.74, 6) is 1.50. The summed E-state index contributed by atoms with van der Waals surface area (Å²) >= 11 is 0. The molecule has 0 atom stereocenters. The molecule has 0 saturated heterocycles. The molecule has 5 nitrogen and oxygen atoms in total. The Kier molecular flexibility index (Phi) is 4.76. The maximum Gasteiger partial charge on any atom is 0.314 e. The molecule has 0 unspecified atom stereocenters. The molecule has 0 aromatic carbocycles. The van der Waals surface area contributed by atoms with Crippen LogP contribution in [0.4, 0.5) is 4.79 Å². The van der Waals surface area contributed by atoms with Gasteiger partial charge < -0.3 is 15.1 Å². The fourth-order valence-electron chi connectivity index (χ4n) is 1.50. The summed E-state index contributed by atoms with van der Waals surface area (Å²) in [4.78, 5) is 15.7. The number of oxazole rings is 1. The van der Waals surface area contributed by atoms with E-state index in [1.165, 1.54) is 0 Å². The maximum absolute atomic E-state index is 11.5. The second-order valence-corrected chi connectivity index (χ2v) is 5.66. The lowest BCUT2D eigenvalue weighted by Gasteiger charge is -2.18. The first-order valence-corrected chi connectivity index (χ1v) is 6.22. The van der Waals surface area contributed by atoms with Crippen LogP contribution >= 0.6 is 0 Å². The minimum absolute atomic E-state index is 0.0932. The summed E-state index contributed by atoms with van der Waals surface area (Å²) in [7, 11) is 0. The second kappa shape index (κ2) is 5.89. The van der Waals surface area contributed by atoms with Crippen molar-refractivity contribution in [3.8, 4) is 0 Å². The predicted octanol–water partition coefficient (Wildman–Crippen LogP) is 2.18. The van der Waals surface area contributed by atoms with E-state index in [4.69, 9.17) is 4.42 Å². The van der Waals surface area contributed by atoms with Crippen molar-refractivity contribution in [2.45, 2.75) is 41.0 Å². The molecule has 1 rings (SSSR count). The lowest BCUT2D eigenvalue weighted by molar-refractivity contribution is 0.235. The first-order valence-electron chi connectivity index (χ1n) is 6.22. The van der Waals surface area contributed by atoms with E-state index in [1.54, 1.807) is 0 Å². The molecule has 0 aliphatic rings. The number of nitrogens with one attached hydrogen (secondary N) is 2. The van der Waals surface area contributed by atoms with Crippen LogP contribution in [0.15, 0.2) is 4.42 Å². The van der Waals surface area contributed by atoms with Crippen molar-refractivity contribution in [3.05, 3.63) is 17.3 Å². The molecule has 102 valence electrons. The molecule has 0 spiro atoms. The van der Waals surface area contributed by atoms with Gasteiger partial charge in [0.1, 0.15) is 5.76 Å². The zero-order valence-corrected chi connectivity index (χ0v) is 11.9. The van der Waals surface area contributed by atoms with Crippen molar-refractivity contribution >= 4 is 6.03 Å². The molecule has 0 saturated carbocycles. The first-order chi connectivity index (χ1) is 8.28. The Bertz CT molecular complexity index is 405. The first kappa shape index (κ1) is 14.5. The zero-order valence-electron chi connectivity index (χ0n) is 11.9. The largest absolute Gasteiger partial charge is 0.446 e. The molecule has 1 aromatic heterocycles. The Labute approximate surface area is 108 Å². The Morgan fingerprint density at radius 2 is 1.94 bits per heavy atom. The standard InChI is InChI=1S/C13H23N3O2/c1-9-11(18-10(2)16-9)6-7-14-12(17)15-8-13(3,4)5/h6-8H2,1-5H3,(H2,14,15,17). The molecule has 2 amide bonds. The quantitative estimate of drug-likeness (QED) is 0.864. The van der Waals surface area contributed by atoms with Crippen molar-refractivity contribution in [2.75, 3.05) is 13.1 Å². The Morgan fingerprint density at radius 1 is 1.28 bits per heavy atom. The molecule has 1 heterocycles. The zero-order chi connectivity index (χ0) is 13.8. The van der Waals surface area contributed by atoms with Gasteiger partial charge in [0, 0.05) is 26.4 Å². The monoisotopic (exact) mass is 253 g/mol. The molecular formula is C13H23N3O2. The summed E-state index contributed by atoms with van der Waals surface area (Å²) in [5, 5.41) is 5.63. The number of nitrogens with zero attached hydrogens (tertiary/aromatic N) is 1. The van der Waals surface area contributed by atoms with E-state index >= 15 is 0 Å². The minimum atomic E-state index is -0.140. The van der Waals surface area contributed by atoms with E-state index in [1.807, 2.05) is 13.8 Å². The highest BCUT2D eigenvalue weighted by atomic mass is 16.4. The average Bonchev–Trinajstić information content (AvgIpc) is 2.54. The van der Waals surface area contributed by atoms with Gasteiger partial charge in [-0.25, -0.2) is 9.78 Å². The summed E-state index contributed by atoms with van der Waals surface area (Å²) in [6.07, 6.45) is 0.662. The van der Waals surface area contributed by atoms with E-state index in [9.17, 15) is 4.79 Å². The number of carbonyl (C=O) groups is 1. The number of carbonyl (C=O) groups excluding carboxylic acids is 1. The van der Waals surface area contributed by atoms with E-state index in [-0.39, 0.29) is 11.4 Å². The molecule has 0 aliphatic carbocycles. The SMILES string of the molecule is Cc1nc(C)c(CCNC(=O)NCC(C)(C)C)o1. The smallest absolute Gasteiger partial charge is 0.314 e. The Hall–Kier alpha value is -1.52. The number of hydrogen-bond donors (Lipinski definition) is 2. The third kappa shape index (κ3) is 5.21. The summed E-state index contributed by atoms with van der Waals surface area (Å²) in [5.41, 5.74) is 0.986. The van der Waals surface area contributed by atoms with Gasteiger partial charge in [-0.1, -0.05) is 20.8 Å². The Morgan fingerprint density at radius 3 is 2.44 bits per heavy atom. The van der Waals surface area contributed by atoms with Crippen molar-refractivity contribution in [1.82, 2.24) is 15.6 Å². The lowest BCUT2D eigenvalue weighted by Crippen LogP contribution is -2.40. The third-order valence-electron chi connectivity index (χ3n) is 2.42. The van der Waals surface area contributed by atoms with E-state index in [2.05, 4.69) is 36.4 Å². The van der Waals surface area contributed by atoms with Gasteiger partial charge in [0.2, 0.25) is 0 Å². The average molecular weight is 253 g/mol. The van der Waals surface area contributed by atoms with Crippen LogP contribution in [0.25, 0.3) is 0 Å². The normalized spacial score (nSPS) is 11.4. The summed E-state index contributed by atoms with van der Waals surface area (Å²) < 4.78 is 5.43. The topological polar surface area (TPSA) is 67.2 Å². The van der Waals surface area contributed by atoms with Gasteiger partial charge in [-0.15, -0.1) is 0 Å². The van der Waals surface area contributed by atoms with Crippen molar-refractivity contribution < 1.29 is 9.21 Å². The van der Waals surface area contributed by atoms with Crippen molar-refractivity contribution in [1.29, 1.82) is 0 Å². The van der Waals surface area contributed by atoms with Crippen LogP contribution in [0.3, 0.4) is 0 Å². The van der Waals surface area contributed by atoms with E-state index in [0.717, 1.165) is 11.5 Å². The lowest BCUT2D eigenvalue weighted by atomic mass is 9.97. The van der Waals surface area contributed by atoms with Crippen molar-refractivity contribution in [2.24, 2.45) is 5.41 Å². The number of amides is 2. The molecule has 0 aliphatic heterocycles.